The van der Waals surface area contributed by atoms with E-state index in [0.29, 0.717) is 0 Å². The van der Waals surface area contributed by atoms with Crippen molar-refractivity contribution in [1.29, 1.82) is 0 Å². The molecule has 1 heterocycles. The molecule has 2 rings (SSSR count). The van der Waals surface area contributed by atoms with Gasteiger partial charge in [0.05, 0.1) is 6.54 Å². The van der Waals surface area contributed by atoms with Gasteiger partial charge in [-0.2, -0.15) is 8.78 Å². The molecular formula is C10H8F3NO3. The lowest BCUT2D eigenvalue weighted by Crippen LogP contribution is -2.12. The standard InChI is InChI=1S/C10H8F3NO3/c11-7-3-5(16-9(12)13)1-2-6(7)8-4-14-10(15)17-8/h1-3,8-9H,4H2,(H,14,15). The van der Waals surface area contributed by atoms with E-state index in [2.05, 4.69) is 10.1 Å². The summed E-state index contributed by atoms with van der Waals surface area (Å²) >= 11 is 0. The van der Waals surface area contributed by atoms with Gasteiger partial charge in [0.25, 0.3) is 0 Å². The fourth-order valence-corrected chi connectivity index (χ4v) is 1.51. The van der Waals surface area contributed by atoms with Crippen LogP contribution in [-0.4, -0.2) is 19.2 Å². The number of nitrogens with one attached hydrogen (secondary N) is 1. The van der Waals surface area contributed by atoms with Crippen molar-refractivity contribution in [1.82, 2.24) is 5.32 Å². The molecule has 0 saturated carbocycles. The van der Waals surface area contributed by atoms with Crippen molar-refractivity contribution in [2.45, 2.75) is 12.7 Å². The molecule has 1 aliphatic heterocycles. The van der Waals surface area contributed by atoms with Crippen molar-refractivity contribution < 1.29 is 27.4 Å². The Bertz CT molecular complexity index is 439. The topological polar surface area (TPSA) is 47.6 Å². The maximum Gasteiger partial charge on any atom is 0.407 e. The minimum atomic E-state index is -3.01. The van der Waals surface area contributed by atoms with Gasteiger partial charge in [-0.15, -0.1) is 0 Å². The Balaban J connectivity index is 2.17. The molecular weight excluding hydrogens is 239 g/mol. The molecule has 1 N–H and O–H groups in total. The number of carbonyl (C=O) groups is 1. The first-order chi connectivity index (χ1) is 8.06. The van der Waals surface area contributed by atoms with E-state index in [1.54, 1.807) is 0 Å². The summed E-state index contributed by atoms with van der Waals surface area (Å²) in [6, 6.07) is 3.27. The van der Waals surface area contributed by atoms with Crippen LogP contribution in [0.25, 0.3) is 0 Å². The maximum absolute atomic E-state index is 13.5. The smallest absolute Gasteiger partial charge is 0.407 e. The second-order valence-corrected chi connectivity index (χ2v) is 3.34. The number of halogens is 3. The minimum absolute atomic E-state index is 0.116. The van der Waals surface area contributed by atoms with Gasteiger partial charge in [-0.25, -0.2) is 9.18 Å². The fraction of sp³-hybridized carbons (Fsp3) is 0.300. The normalized spacial score (nSPS) is 19.1. The molecule has 1 aromatic carbocycles. The maximum atomic E-state index is 13.5. The van der Waals surface area contributed by atoms with Gasteiger partial charge in [-0.3, -0.25) is 0 Å². The van der Waals surface area contributed by atoms with Crippen molar-refractivity contribution in [3.63, 3.8) is 0 Å². The van der Waals surface area contributed by atoms with Crippen LogP contribution in [0.4, 0.5) is 18.0 Å². The summed E-state index contributed by atoms with van der Waals surface area (Å²) < 4.78 is 46.1. The third-order valence-corrected chi connectivity index (χ3v) is 2.23. The van der Waals surface area contributed by atoms with Crippen LogP contribution in [0.5, 0.6) is 5.75 Å². The molecule has 0 aromatic heterocycles. The number of alkyl carbamates (subject to hydrolysis) is 1. The molecule has 0 spiro atoms. The molecule has 7 heteroatoms. The highest BCUT2D eigenvalue weighted by atomic mass is 19.3. The summed E-state index contributed by atoms with van der Waals surface area (Å²) in [5.74, 6) is -1.04. The number of cyclic esters (lactones) is 1. The van der Waals surface area contributed by atoms with Crippen LogP contribution in [0.15, 0.2) is 18.2 Å². The number of amides is 1. The number of ether oxygens (including phenoxy) is 2. The van der Waals surface area contributed by atoms with E-state index in [1.807, 2.05) is 0 Å². The highest BCUT2D eigenvalue weighted by Gasteiger charge is 2.26. The molecule has 4 nitrogen and oxygen atoms in total. The van der Waals surface area contributed by atoms with E-state index < -0.39 is 24.6 Å². The molecule has 0 radical (unpaired) electrons. The number of benzene rings is 1. The monoisotopic (exact) mass is 247 g/mol. The van der Waals surface area contributed by atoms with Crippen LogP contribution < -0.4 is 10.1 Å². The van der Waals surface area contributed by atoms with Crippen LogP contribution in [-0.2, 0) is 4.74 Å². The lowest BCUT2D eigenvalue weighted by molar-refractivity contribution is -0.0500. The Morgan fingerprint density at radius 1 is 1.47 bits per heavy atom. The zero-order valence-electron chi connectivity index (χ0n) is 8.45. The molecule has 1 saturated heterocycles. The van der Waals surface area contributed by atoms with E-state index in [1.165, 1.54) is 12.1 Å². The predicted molar refractivity (Wildman–Crippen MR) is 50.3 cm³/mol. The van der Waals surface area contributed by atoms with E-state index in [4.69, 9.17) is 4.74 Å². The molecule has 0 bridgehead atoms. The molecule has 1 atom stereocenters. The van der Waals surface area contributed by atoms with Gasteiger partial charge in [0.15, 0.2) is 0 Å². The summed E-state index contributed by atoms with van der Waals surface area (Å²) in [7, 11) is 0. The SMILES string of the molecule is O=C1NCC(c2ccc(OC(F)F)cc2F)O1. The molecule has 1 amide bonds. The summed E-state index contributed by atoms with van der Waals surface area (Å²) in [5, 5.41) is 2.36. The number of carbonyl (C=O) groups excluding carboxylic acids is 1. The average molecular weight is 247 g/mol. The Hall–Kier alpha value is -1.92. The van der Waals surface area contributed by atoms with E-state index in [-0.39, 0.29) is 17.9 Å². The van der Waals surface area contributed by atoms with Crippen molar-refractivity contribution >= 4 is 6.09 Å². The first-order valence-corrected chi connectivity index (χ1v) is 4.75. The van der Waals surface area contributed by atoms with Crippen molar-refractivity contribution in [3.8, 4) is 5.75 Å². The van der Waals surface area contributed by atoms with Crippen LogP contribution in [0, 0.1) is 5.82 Å². The molecule has 92 valence electrons. The fourth-order valence-electron chi connectivity index (χ4n) is 1.51. The second-order valence-electron chi connectivity index (χ2n) is 3.34. The Labute approximate surface area is 94.3 Å². The molecule has 0 aliphatic carbocycles. The Morgan fingerprint density at radius 3 is 2.76 bits per heavy atom. The number of alkyl halides is 2. The van der Waals surface area contributed by atoms with Gasteiger partial charge in [-0.1, -0.05) is 0 Å². The van der Waals surface area contributed by atoms with Gasteiger partial charge in [0.2, 0.25) is 0 Å². The highest BCUT2D eigenvalue weighted by molar-refractivity contribution is 5.69. The molecule has 1 unspecified atom stereocenters. The molecule has 17 heavy (non-hydrogen) atoms. The van der Waals surface area contributed by atoms with Gasteiger partial charge in [0, 0.05) is 11.6 Å². The predicted octanol–water partition coefficient (Wildman–Crippen LogP) is 2.21. The van der Waals surface area contributed by atoms with Crippen LogP contribution in [0.3, 0.4) is 0 Å². The quantitative estimate of drug-likeness (QED) is 0.890. The number of hydrogen-bond donors (Lipinski definition) is 1. The van der Waals surface area contributed by atoms with Crippen LogP contribution >= 0.6 is 0 Å². The summed E-state index contributed by atoms with van der Waals surface area (Å²) in [6.07, 6.45) is -1.38. The molecule has 1 aromatic rings. The summed E-state index contributed by atoms with van der Waals surface area (Å²) in [4.78, 5) is 10.8. The van der Waals surface area contributed by atoms with E-state index in [0.717, 1.165) is 6.07 Å². The average Bonchev–Trinajstić information content (AvgIpc) is 2.64. The number of hydrogen-bond acceptors (Lipinski definition) is 3. The van der Waals surface area contributed by atoms with Gasteiger partial charge in [-0.05, 0) is 12.1 Å². The third-order valence-electron chi connectivity index (χ3n) is 2.23. The van der Waals surface area contributed by atoms with Crippen molar-refractivity contribution in [3.05, 3.63) is 29.6 Å². The lowest BCUT2D eigenvalue weighted by Gasteiger charge is -2.11. The summed E-state index contributed by atoms with van der Waals surface area (Å²) in [6.45, 7) is -2.86. The summed E-state index contributed by atoms with van der Waals surface area (Å²) in [5.41, 5.74) is 0.116. The largest absolute Gasteiger partial charge is 0.439 e. The first kappa shape index (κ1) is 11.6. The third kappa shape index (κ3) is 2.61. The van der Waals surface area contributed by atoms with Crippen molar-refractivity contribution in [2.24, 2.45) is 0 Å². The van der Waals surface area contributed by atoms with Gasteiger partial charge >= 0.3 is 12.7 Å². The Morgan fingerprint density at radius 2 is 2.24 bits per heavy atom. The second kappa shape index (κ2) is 4.52. The van der Waals surface area contributed by atoms with Gasteiger partial charge in [0.1, 0.15) is 17.7 Å². The molecule has 1 fully saturated rings. The lowest BCUT2D eigenvalue weighted by atomic mass is 10.1. The Kier molecular flexibility index (Phi) is 3.08. The van der Waals surface area contributed by atoms with Crippen LogP contribution in [0.1, 0.15) is 11.7 Å². The van der Waals surface area contributed by atoms with Crippen LogP contribution in [0.2, 0.25) is 0 Å². The zero-order chi connectivity index (χ0) is 12.4. The zero-order valence-corrected chi connectivity index (χ0v) is 8.45. The minimum Gasteiger partial charge on any atom is -0.439 e. The van der Waals surface area contributed by atoms with Crippen molar-refractivity contribution in [2.75, 3.05) is 6.54 Å². The van der Waals surface area contributed by atoms with E-state index >= 15 is 0 Å². The molecule has 1 aliphatic rings. The van der Waals surface area contributed by atoms with E-state index in [9.17, 15) is 18.0 Å². The first-order valence-electron chi connectivity index (χ1n) is 4.75. The van der Waals surface area contributed by atoms with Gasteiger partial charge < -0.3 is 14.8 Å². The highest BCUT2D eigenvalue weighted by Crippen LogP contribution is 2.27. The number of rotatable bonds is 3.